The van der Waals surface area contributed by atoms with E-state index in [0.717, 1.165) is 11.4 Å². The van der Waals surface area contributed by atoms with Crippen LogP contribution in [0.15, 0.2) is 146 Å². The zero-order valence-electron chi connectivity index (χ0n) is 29.6. The van der Waals surface area contributed by atoms with Crippen molar-refractivity contribution >= 4 is 84.1 Å². The van der Waals surface area contributed by atoms with E-state index in [1.807, 2.05) is 0 Å². The zero-order valence-corrected chi connectivity index (χ0v) is 29.6. The lowest BCUT2D eigenvalue weighted by molar-refractivity contribution is 0.195. The Labute approximate surface area is 304 Å². The molecule has 4 heterocycles. The van der Waals surface area contributed by atoms with Crippen molar-refractivity contribution in [2.24, 2.45) is 0 Å². The van der Waals surface area contributed by atoms with E-state index in [2.05, 4.69) is 174 Å². The predicted octanol–water partition coefficient (Wildman–Crippen LogP) is 10.3. The third kappa shape index (κ3) is 3.39. The van der Waals surface area contributed by atoms with Crippen molar-refractivity contribution < 1.29 is 0 Å². The average molecular weight is 668 g/mol. The summed E-state index contributed by atoms with van der Waals surface area (Å²) in [6.45, 7) is 5.30. The van der Waals surface area contributed by atoms with Gasteiger partial charge in [-0.3, -0.25) is 0 Å². The molecular formula is C48H38BN3. The van der Waals surface area contributed by atoms with Gasteiger partial charge in [-0.2, -0.15) is 0 Å². The highest BCUT2D eigenvalue weighted by molar-refractivity contribution is 7.00. The van der Waals surface area contributed by atoms with Gasteiger partial charge in [0.05, 0.1) is 16.7 Å². The summed E-state index contributed by atoms with van der Waals surface area (Å²) in [6.07, 6.45) is 4.94. The molecule has 3 nitrogen and oxygen atoms in total. The zero-order chi connectivity index (χ0) is 34.3. The maximum absolute atomic E-state index is 2.85. The van der Waals surface area contributed by atoms with Crippen LogP contribution in [-0.2, 0) is 5.41 Å². The second-order valence-electron chi connectivity index (χ2n) is 16.0. The first kappa shape index (κ1) is 28.9. The molecule has 0 saturated heterocycles. The van der Waals surface area contributed by atoms with Gasteiger partial charge in [-0.15, -0.1) is 0 Å². The minimum atomic E-state index is -0.0386. The minimum absolute atomic E-state index is 0.0386. The van der Waals surface area contributed by atoms with Crippen LogP contribution in [0.4, 0.5) is 28.4 Å². The van der Waals surface area contributed by atoms with Crippen LogP contribution in [0.25, 0.3) is 38.3 Å². The van der Waals surface area contributed by atoms with Crippen molar-refractivity contribution in [2.75, 3.05) is 9.80 Å². The number of hydrogen-bond acceptors (Lipinski definition) is 2. The van der Waals surface area contributed by atoms with Crippen LogP contribution in [0.3, 0.4) is 0 Å². The molecule has 7 aromatic carbocycles. The molecule has 1 aromatic heterocycles. The fraction of sp³-hybridized carbons (Fsp3) is 0.167. The highest BCUT2D eigenvalue weighted by Crippen LogP contribution is 2.61. The first-order chi connectivity index (χ1) is 25.6. The van der Waals surface area contributed by atoms with Gasteiger partial charge in [-0.25, -0.2) is 0 Å². The van der Waals surface area contributed by atoms with E-state index in [9.17, 15) is 0 Å². The van der Waals surface area contributed by atoms with Gasteiger partial charge in [0.2, 0.25) is 0 Å². The Morgan fingerprint density at radius 1 is 0.558 bits per heavy atom. The fourth-order valence-electron chi connectivity index (χ4n) is 11.2. The Hall–Kier alpha value is -5.74. The SMILES string of the molecule is CC12CCCCC1(C)N1c3cc(N(c4ccccc4)c4ccccc4)cc4c3B(c3cccc2c31)c1cccc2c3ccc5ccccc5c3n-4c12. The largest absolute Gasteiger partial charge is 0.335 e. The van der Waals surface area contributed by atoms with Gasteiger partial charge in [0.1, 0.15) is 0 Å². The second kappa shape index (κ2) is 9.98. The van der Waals surface area contributed by atoms with Crippen LogP contribution >= 0.6 is 0 Å². The van der Waals surface area contributed by atoms with E-state index in [1.54, 1.807) is 0 Å². The quantitative estimate of drug-likeness (QED) is 0.174. The fourth-order valence-corrected chi connectivity index (χ4v) is 11.2. The molecule has 0 amide bonds. The Morgan fingerprint density at radius 2 is 1.21 bits per heavy atom. The highest BCUT2D eigenvalue weighted by atomic mass is 15.3. The standard InChI is InChI=1S/C48H38BN3/c1-47-27-11-12-28-48(47,2)52-42-30-34(50(32-16-5-3-6-17-32)33-18-7-4-8-19-33)29-41-43(42)49(40-24-14-22-38(47)46(40)52)39-23-13-21-36-37-26-25-31-15-9-10-20-35(31)44(37)51(41)45(36)39/h3-10,13-26,29-30H,11-12,27-28H2,1-2H3. The van der Waals surface area contributed by atoms with Crippen LogP contribution in [0, 0.1) is 0 Å². The smallest absolute Gasteiger partial charge is 0.252 e. The number of benzene rings is 7. The third-order valence-corrected chi connectivity index (χ3v) is 13.7. The average Bonchev–Trinajstić information content (AvgIpc) is 3.64. The first-order valence-electron chi connectivity index (χ1n) is 19.0. The lowest BCUT2D eigenvalue weighted by Gasteiger charge is -2.52. The minimum Gasteiger partial charge on any atom is -0.335 e. The van der Waals surface area contributed by atoms with Crippen molar-refractivity contribution in [3.8, 4) is 5.69 Å². The van der Waals surface area contributed by atoms with Crippen LogP contribution in [0.2, 0.25) is 0 Å². The molecule has 52 heavy (non-hydrogen) atoms. The van der Waals surface area contributed by atoms with E-state index < -0.39 is 0 Å². The number of rotatable bonds is 3. The van der Waals surface area contributed by atoms with E-state index >= 15 is 0 Å². The molecule has 0 N–H and O–H groups in total. The van der Waals surface area contributed by atoms with Gasteiger partial charge in [0, 0.05) is 55.5 Å². The Balaban J connectivity index is 1.28. The molecular weight excluding hydrogens is 629 g/mol. The molecule has 248 valence electrons. The maximum atomic E-state index is 2.85. The van der Waals surface area contributed by atoms with Gasteiger partial charge < -0.3 is 14.4 Å². The highest BCUT2D eigenvalue weighted by Gasteiger charge is 2.61. The van der Waals surface area contributed by atoms with Gasteiger partial charge in [-0.05, 0) is 83.5 Å². The van der Waals surface area contributed by atoms with E-state index in [-0.39, 0.29) is 17.7 Å². The monoisotopic (exact) mass is 667 g/mol. The number of fused-ring (bicyclic) bond motifs is 12. The van der Waals surface area contributed by atoms with E-state index in [4.69, 9.17) is 0 Å². The van der Waals surface area contributed by atoms with Crippen LogP contribution in [0.1, 0.15) is 45.1 Å². The molecule has 0 bridgehead atoms. The Kier molecular flexibility index (Phi) is 5.55. The molecule has 1 fully saturated rings. The summed E-state index contributed by atoms with van der Waals surface area (Å²) in [5.74, 6) is 0. The summed E-state index contributed by atoms with van der Waals surface area (Å²) in [5, 5.41) is 5.23. The van der Waals surface area contributed by atoms with Crippen molar-refractivity contribution in [1.82, 2.24) is 4.57 Å². The lowest BCUT2D eigenvalue weighted by Crippen LogP contribution is -2.64. The molecule has 2 unspecified atom stereocenters. The summed E-state index contributed by atoms with van der Waals surface area (Å²) >= 11 is 0. The molecule has 3 aliphatic heterocycles. The molecule has 1 saturated carbocycles. The van der Waals surface area contributed by atoms with E-state index in [0.29, 0.717) is 0 Å². The molecule has 12 rings (SSSR count). The number of hydrogen-bond donors (Lipinski definition) is 0. The topological polar surface area (TPSA) is 11.4 Å². The van der Waals surface area contributed by atoms with Crippen LogP contribution in [0.5, 0.6) is 0 Å². The molecule has 1 aliphatic carbocycles. The molecule has 4 aliphatic rings. The molecule has 0 radical (unpaired) electrons. The summed E-state index contributed by atoms with van der Waals surface area (Å²) in [4.78, 5) is 5.31. The summed E-state index contributed by atoms with van der Waals surface area (Å²) in [6, 6.07) is 54.9. The van der Waals surface area contributed by atoms with Crippen LogP contribution in [-0.4, -0.2) is 16.8 Å². The molecule has 0 spiro atoms. The second-order valence-corrected chi connectivity index (χ2v) is 16.0. The van der Waals surface area contributed by atoms with Gasteiger partial charge in [0.25, 0.3) is 6.71 Å². The van der Waals surface area contributed by atoms with E-state index in [1.165, 1.54) is 103 Å². The maximum Gasteiger partial charge on any atom is 0.252 e. The molecule has 8 aromatic rings. The van der Waals surface area contributed by atoms with Gasteiger partial charge in [-0.1, -0.05) is 129 Å². The van der Waals surface area contributed by atoms with Crippen molar-refractivity contribution in [3.05, 3.63) is 151 Å². The summed E-state index contributed by atoms with van der Waals surface area (Å²) < 4.78 is 2.66. The first-order valence-corrected chi connectivity index (χ1v) is 19.0. The van der Waals surface area contributed by atoms with Crippen molar-refractivity contribution in [1.29, 1.82) is 0 Å². The third-order valence-electron chi connectivity index (χ3n) is 13.7. The number of aromatic nitrogens is 1. The Bertz CT molecular complexity index is 2760. The summed E-state index contributed by atoms with van der Waals surface area (Å²) in [5.41, 5.74) is 16.2. The predicted molar refractivity (Wildman–Crippen MR) is 220 cm³/mol. The normalized spacial score (nSPS) is 20.7. The van der Waals surface area contributed by atoms with Gasteiger partial charge in [0.15, 0.2) is 0 Å². The van der Waals surface area contributed by atoms with Crippen LogP contribution < -0.4 is 26.2 Å². The molecule has 2 atom stereocenters. The summed E-state index contributed by atoms with van der Waals surface area (Å²) in [7, 11) is 0. The Morgan fingerprint density at radius 3 is 2.02 bits per heavy atom. The van der Waals surface area contributed by atoms with Crippen molar-refractivity contribution in [2.45, 2.75) is 50.5 Å². The number of anilines is 5. The van der Waals surface area contributed by atoms with Crippen molar-refractivity contribution in [3.63, 3.8) is 0 Å². The number of nitrogens with zero attached hydrogens (tertiary/aromatic N) is 3. The number of para-hydroxylation sites is 4. The lowest BCUT2D eigenvalue weighted by atomic mass is 9.33. The molecule has 4 heteroatoms. The van der Waals surface area contributed by atoms with Gasteiger partial charge >= 0.3 is 0 Å².